The summed E-state index contributed by atoms with van der Waals surface area (Å²) in [5, 5.41) is 0. The van der Waals surface area contributed by atoms with Crippen LogP contribution in [-0.4, -0.2) is 31.2 Å². The van der Waals surface area contributed by atoms with Gasteiger partial charge in [0.15, 0.2) is 0 Å². The van der Waals surface area contributed by atoms with E-state index in [2.05, 4.69) is 24.3 Å². The molecule has 3 aliphatic carbocycles. The number of anilines is 1. The highest BCUT2D eigenvalue weighted by Crippen LogP contribution is 2.63. The van der Waals surface area contributed by atoms with Crippen LogP contribution in [0.2, 0.25) is 0 Å². The summed E-state index contributed by atoms with van der Waals surface area (Å²) in [6.45, 7) is 5.00. The molecule has 2 atom stereocenters. The molecule has 1 fully saturated rings. The molecule has 0 radical (unpaired) electrons. The van der Waals surface area contributed by atoms with Gasteiger partial charge in [0.05, 0.1) is 41.8 Å². The van der Waals surface area contributed by atoms with Gasteiger partial charge in [0.25, 0.3) is 0 Å². The van der Waals surface area contributed by atoms with Crippen molar-refractivity contribution in [2.24, 2.45) is 16.8 Å². The number of carbonyl (C=O) groups excluding carboxylic acids is 2. The van der Waals surface area contributed by atoms with E-state index < -0.39 is 17.3 Å². The standard InChI is InChI=1S/C35H30N2O4/c1-3-40-24-17-13-22(14-18-24)36-21-35-28-11-7-5-9-26(28)30(27-10-6-8-12-29(27)35)31-32(35)34(39)37(33(31)38)23-15-19-25(20-16-23)41-4-2/h5-21,30-32H,3-4H2,1-2H3/t30?,31-,32-,35?/m1/s1. The van der Waals surface area contributed by atoms with Gasteiger partial charge in [0.2, 0.25) is 11.8 Å². The van der Waals surface area contributed by atoms with Gasteiger partial charge in [0.1, 0.15) is 11.5 Å². The highest BCUT2D eigenvalue weighted by Gasteiger charge is 2.67. The molecule has 4 aliphatic rings. The second-order valence-electron chi connectivity index (χ2n) is 10.6. The third-order valence-corrected chi connectivity index (χ3v) is 8.65. The van der Waals surface area contributed by atoms with Crippen molar-refractivity contribution in [3.05, 3.63) is 119 Å². The first kappa shape index (κ1) is 25.3. The van der Waals surface area contributed by atoms with E-state index in [4.69, 9.17) is 14.5 Å². The molecule has 6 nitrogen and oxygen atoms in total. The van der Waals surface area contributed by atoms with Crippen molar-refractivity contribution in [2.45, 2.75) is 25.2 Å². The Morgan fingerprint density at radius 2 is 1.27 bits per heavy atom. The molecule has 1 aliphatic heterocycles. The lowest BCUT2D eigenvalue weighted by atomic mass is 9.47. The van der Waals surface area contributed by atoms with Crippen LogP contribution in [0.4, 0.5) is 11.4 Å². The Bertz CT molecular complexity index is 1630. The molecule has 204 valence electrons. The van der Waals surface area contributed by atoms with Gasteiger partial charge in [-0.3, -0.25) is 14.6 Å². The van der Waals surface area contributed by atoms with Crippen molar-refractivity contribution in [2.75, 3.05) is 18.1 Å². The molecule has 2 amide bonds. The van der Waals surface area contributed by atoms with E-state index >= 15 is 0 Å². The fraction of sp³-hybridized carbons (Fsp3) is 0.229. The van der Waals surface area contributed by atoms with E-state index in [9.17, 15) is 9.59 Å². The minimum Gasteiger partial charge on any atom is -0.494 e. The van der Waals surface area contributed by atoms with Crippen molar-refractivity contribution >= 4 is 29.4 Å². The van der Waals surface area contributed by atoms with E-state index in [1.54, 1.807) is 12.1 Å². The predicted octanol–water partition coefficient (Wildman–Crippen LogP) is 6.44. The first-order valence-corrected chi connectivity index (χ1v) is 14.2. The van der Waals surface area contributed by atoms with E-state index in [0.717, 1.165) is 33.7 Å². The van der Waals surface area contributed by atoms with E-state index in [1.807, 2.05) is 80.7 Å². The fourth-order valence-corrected chi connectivity index (χ4v) is 7.13. The Morgan fingerprint density at radius 1 is 0.732 bits per heavy atom. The smallest absolute Gasteiger partial charge is 0.239 e. The topological polar surface area (TPSA) is 68.2 Å². The van der Waals surface area contributed by atoms with Crippen LogP contribution in [0.25, 0.3) is 0 Å². The summed E-state index contributed by atoms with van der Waals surface area (Å²) >= 11 is 0. The summed E-state index contributed by atoms with van der Waals surface area (Å²) < 4.78 is 11.2. The van der Waals surface area contributed by atoms with Crippen molar-refractivity contribution in [3.63, 3.8) is 0 Å². The molecule has 0 unspecified atom stereocenters. The molecule has 4 aromatic carbocycles. The first-order chi connectivity index (χ1) is 20.1. The molecular formula is C35H30N2O4. The molecule has 41 heavy (non-hydrogen) atoms. The highest BCUT2D eigenvalue weighted by molar-refractivity contribution is 6.25. The molecule has 0 spiro atoms. The van der Waals surface area contributed by atoms with Gasteiger partial charge in [0, 0.05) is 12.1 Å². The van der Waals surface area contributed by atoms with Crippen LogP contribution >= 0.6 is 0 Å². The summed E-state index contributed by atoms with van der Waals surface area (Å²) in [6, 6.07) is 31.3. The van der Waals surface area contributed by atoms with Crippen LogP contribution in [-0.2, 0) is 15.0 Å². The van der Waals surface area contributed by atoms with Crippen LogP contribution in [0.3, 0.4) is 0 Å². The Kier molecular flexibility index (Phi) is 6.00. The van der Waals surface area contributed by atoms with Crippen LogP contribution < -0.4 is 14.4 Å². The zero-order chi connectivity index (χ0) is 28.1. The average molecular weight is 543 g/mol. The third kappa shape index (κ3) is 3.67. The maximum absolute atomic E-state index is 14.5. The zero-order valence-corrected chi connectivity index (χ0v) is 23.0. The van der Waals surface area contributed by atoms with Crippen LogP contribution in [0.15, 0.2) is 102 Å². The number of hydrogen-bond donors (Lipinski definition) is 0. The van der Waals surface area contributed by atoms with Crippen LogP contribution in [0, 0.1) is 11.8 Å². The molecule has 1 saturated heterocycles. The number of rotatable bonds is 7. The second kappa shape index (κ2) is 9.73. The van der Waals surface area contributed by atoms with Gasteiger partial charge in [-0.05, 0) is 84.6 Å². The van der Waals surface area contributed by atoms with Crippen molar-refractivity contribution in [1.82, 2.24) is 0 Å². The minimum absolute atomic E-state index is 0.169. The van der Waals surface area contributed by atoms with Gasteiger partial charge in [-0.1, -0.05) is 48.5 Å². The molecule has 0 N–H and O–H groups in total. The first-order valence-electron chi connectivity index (χ1n) is 14.2. The Balaban J connectivity index is 1.41. The number of carbonyl (C=O) groups is 2. The molecule has 6 heteroatoms. The lowest BCUT2D eigenvalue weighted by Gasteiger charge is -2.52. The number of ether oxygens (including phenoxy) is 2. The summed E-state index contributed by atoms with van der Waals surface area (Å²) in [5.41, 5.74) is 4.65. The quantitative estimate of drug-likeness (QED) is 0.199. The van der Waals surface area contributed by atoms with Gasteiger partial charge >= 0.3 is 0 Å². The minimum atomic E-state index is -0.905. The Hall–Kier alpha value is -4.71. The van der Waals surface area contributed by atoms with Crippen LogP contribution in [0.1, 0.15) is 42.0 Å². The summed E-state index contributed by atoms with van der Waals surface area (Å²) in [7, 11) is 0. The van der Waals surface area contributed by atoms with Crippen molar-refractivity contribution in [3.8, 4) is 11.5 Å². The predicted molar refractivity (Wildman–Crippen MR) is 158 cm³/mol. The number of nitrogens with zero attached hydrogens (tertiary/aromatic N) is 2. The summed E-state index contributed by atoms with van der Waals surface area (Å²) in [5.74, 6) is -0.258. The summed E-state index contributed by atoms with van der Waals surface area (Å²) in [4.78, 5) is 35.2. The lowest BCUT2D eigenvalue weighted by molar-refractivity contribution is -0.122. The third-order valence-electron chi connectivity index (χ3n) is 8.65. The molecule has 1 heterocycles. The average Bonchev–Trinajstić information content (AvgIpc) is 3.28. The monoisotopic (exact) mass is 542 g/mol. The number of imide groups is 1. The molecule has 0 saturated carbocycles. The van der Waals surface area contributed by atoms with E-state index in [-0.39, 0.29) is 17.7 Å². The lowest BCUT2D eigenvalue weighted by Crippen LogP contribution is -2.54. The maximum Gasteiger partial charge on any atom is 0.239 e. The van der Waals surface area contributed by atoms with Gasteiger partial charge < -0.3 is 9.47 Å². The molecule has 2 bridgehead atoms. The van der Waals surface area contributed by atoms with E-state index in [1.165, 1.54) is 4.90 Å². The van der Waals surface area contributed by atoms with Crippen molar-refractivity contribution < 1.29 is 19.1 Å². The number of aliphatic imine (C=N–C) groups is 1. The number of amides is 2. The van der Waals surface area contributed by atoms with Crippen molar-refractivity contribution in [1.29, 1.82) is 0 Å². The number of hydrogen-bond acceptors (Lipinski definition) is 5. The molecule has 4 aromatic rings. The summed E-state index contributed by atoms with van der Waals surface area (Å²) in [6.07, 6.45) is 1.92. The fourth-order valence-electron chi connectivity index (χ4n) is 7.13. The number of benzene rings is 4. The zero-order valence-electron chi connectivity index (χ0n) is 23.0. The highest BCUT2D eigenvalue weighted by atomic mass is 16.5. The SMILES string of the molecule is CCOc1ccc(N=CC23c4ccccc4C(c4ccccc42)[C@H]2C(=O)N(c4ccc(OCC)cc4)C(=O)[C@@H]23)cc1. The molecule has 0 aromatic heterocycles. The largest absolute Gasteiger partial charge is 0.494 e. The normalized spacial score (nSPS) is 23.9. The van der Waals surface area contributed by atoms with Gasteiger partial charge in [-0.25, -0.2) is 4.90 Å². The van der Waals surface area contributed by atoms with Gasteiger partial charge in [-0.15, -0.1) is 0 Å². The second-order valence-corrected chi connectivity index (χ2v) is 10.6. The maximum atomic E-state index is 14.5. The van der Waals surface area contributed by atoms with Gasteiger partial charge in [-0.2, -0.15) is 0 Å². The molecule has 8 rings (SSSR count). The molecular weight excluding hydrogens is 512 g/mol. The van der Waals surface area contributed by atoms with Crippen LogP contribution in [0.5, 0.6) is 11.5 Å². The Labute approximate surface area is 239 Å². The van der Waals surface area contributed by atoms with E-state index in [0.29, 0.717) is 24.7 Å². The Morgan fingerprint density at radius 3 is 1.83 bits per heavy atom.